The van der Waals surface area contributed by atoms with Gasteiger partial charge in [0.05, 0.1) is 22.3 Å². The Balaban J connectivity index is 0.961. The maximum atomic E-state index is 13.7. The molecule has 0 spiro atoms. The summed E-state index contributed by atoms with van der Waals surface area (Å²) >= 11 is 0. The normalized spacial score (nSPS) is 21.0. The van der Waals surface area contributed by atoms with E-state index < -0.39 is 0 Å². The van der Waals surface area contributed by atoms with Crippen LogP contribution in [0.3, 0.4) is 0 Å². The summed E-state index contributed by atoms with van der Waals surface area (Å²) in [5, 5.41) is 12.8. The average molecular weight is 853 g/mol. The number of amides is 4. The standard InChI is InChI=1S/C52H52N8O4/c61-49-41-21-37(25-53-29-41)17-33-9-11-35(12-10-33)19-39-23-43(31-55-27-39)51(63)59-47-7-3-4-8-48(47)60-52(64)44-24-40(28-56-32-44)20-36-15-13-34(14-16-36)18-38-22-42(30-54-26-38)50(62)58-46-6-2-1-5-45(46)57-49/h9-16,21-32,45-48H,1-8,17-20H2,(H,57,61)(H,58,62)(H,59,63)(H,60,64)/t45-,46-,47-,48-/m1/s1. The maximum absolute atomic E-state index is 13.7. The van der Waals surface area contributed by atoms with Crippen molar-refractivity contribution in [3.8, 4) is 0 Å². The molecule has 4 aliphatic heterocycles. The number of carbonyl (C=O) groups is 4. The SMILES string of the molecule is O=C1N[C@@H]2CCCC[C@H]2NC(=O)c2cncc(c2)Cc2ccc(cc2)Cc2cncc(c2)C(=O)N[C@@H]2CCCC[C@H]2NC(=O)c2cncc(c2)Cc2ccc(cc2)Cc2cncc1c2. The fraction of sp³-hybridized carbons (Fsp3) is 0.308. The van der Waals surface area contributed by atoms with E-state index in [-0.39, 0.29) is 47.8 Å². The van der Waals surface area contributed by atoms with Crippen molar-refractivity contribution in [2.75, 3.05) is 0 Å². The zero-order valence-electron chi connectivity index (χ0n) is 35.8. The Hall–Kier alpha value is -7.08. The van der Waals surface area contributed by atoms with Crippen LogP contribution in [0, 0.1) is 0 Å². The number of rotatable bonds is 0. The lowest BCUT2D eigenvalue weighted by molar-refractivity contribution is 0.0862. The number of pyridine rings is 4. The predicted molar refractivity (Wildman–Crippen MR) is 243 cm³/mol. The van der Waals surface area contributed by atoms with Gasteiger partial charge in [-0.05, 0) is 120 Å². The largest absolute Gasteiger partial charge is 0.347 e. The molecule has 324 valence electrons. The van der Waals surface area contributed by atoms with Gasteiger partial charge in [-0.1, -0.05) is 74.2 Å². The lowest BCUT2D eigenvalue weighted by atomic mass is 9.89. The molecule has 12 nitrogen and oxygen atoms in total. The zero-order chi connectivity index (χ0) is 43.8. The molecule has 12 heteroatoms. The van der Waals surface area contributed by atoms with E-state index in [4.69, 9.17) is 0 Å². The van der Waals surface area contributed by atoms with Gasteiger partial charge in [0.2, 0.25) is 0 Å². The van der Waals surface area contributed by atoms with E-state index in [1.807, 2.05) is 24.3 Å². The van der Waals surface area contributed by atoms with Gasteiger partial charge in [-0.15, -0.1) is 0 Å². The third-order valence-electron chi connectivity index (χ3n) is 12.7. The van der Waals surface area contributed by atoms with Gasteiger partial charge < -0.3 is 21.3 Å². The van der Waals surface area contributed by atoms with Crippen LogP contribution in [0.4, 0.5) is 0 Å². The number of hydrogen-bond donors (Lipinski definition) is 4. The van der Waals surface area contributed by atoms with E-state index in [0.717, 1.165) is 95.9 Å². The van der Waals surface area contributed by atoms with Crippen molar-refractivity contribution < 1.29 is 19.2 Å². The smallest absolute Gasteiger partial charge is 0.253 e. The highest BCUT2D eigenvalue weighted by atomic mass is 16.2. The molecule has 0 unspecified atom stereocenters. The summed E-state index contributed by atoms with van der Waals surface area (Å²) in [7, 11) is 0. The average Bonchev–Trinajstić information content (AvgIpc) is 3.31. The van der Waals surface area contributed by atoms with Crippen molar-refractivity contribution in [1.29, 1.82) is 0 Å². The first-order valence-corrected chi connectivity index (χ1v) is 22.4. The molecule has 4 amide bonds. The molecular weight excluding hydrogens is 801 g/mol. The van der Waals surface area contributed by atoms with E-state index in [9.17, 15) is 19.2 Å². The Bertz CT molecular complexity index is 2290. The summed E-state index contributed by atoms with van der Waals surface area (Å²) in [6.07, 6.45) is 22.7. The molecular formula is C52H52N8O4. The number of hydrogen-bond acceptors (Lipinski definition) is 8. The second kappa shape index (κ2) is 19.5. The summed E-state index contributed by atoms with van der Waals surface area (Å²) in [5.41, 5.74) is 9.84. The van der Waals surface area contributed by atoms with E-state index in [1.54, 1.807) is 49.6 Å². The lowest BCUT2D eigenvalue weighted by Crippen LogP contribution is -2.53. The zero-order valence-corrected chi connectivity index (χ0v) is 35.8. The van der Waals surface area contributed by atoms with Gasteiger partial charge in [0, 0.05) is 73.7 Å². The Morgan fingerprint density at radius 1 is 0.312 bits per heavy atom. The first-order valence-electron chi connectivity index (χ1n) is 22.4. The first kappa shape index (κ1) is 42.2. The molecule has 0 radical (unpaired) electrons. The predicted octanol–water partition coefficient (Wildman–Crippen LogP) is 6.89. The monoisotopic (exact) mass is 852 g/mol. The quantitative estimate of drug-likeness (QED) is 0.128. The van der Waals surface area contributed by atoms with Crippen LogP contribution in [0.25, 0.3) is 0 Å². The number of carbonyl (C=O) groups excluding carboxylic acids is 4. The Morgan fingerprint density at radius 3 is 0.750 bits per heavy atom. The first-order chi connectivity index (χ1) is 31.3. The summed E-state index contributed by atoms with van der Waals surface area (Å²) in [6, 6.07) is 23.2. The molecule has 64 heavy (non-hydrogen) atoms. The molecule has 12 bridgehead atoms. The van der Waals surface area contributed by atoms with Crippen LogP contribution in [-0.4, -0.2) is 67.7 Å². The van der Waals surface area contributed by atoms with E-state index in [1.165, 1.54) is 0 Å². The summed E-state index contributed by atoms with van der Waals surface area (Å²) in [6.45, 7) is 0. The Morgan fingerprint density at radius 2 is 0.531 bits per heavy atom. The van der Waals surface area contributed by atoms with Gasteiger partial charge in [0.25, 0.3) is 23.6 Å². The Labute approximate surface area is 373 Å². The summed E-state index contributed by atoms with van der Waals surface area (Å²) in [5.74, 6) is -0.856. The highest BCUT2D eigenvalue weighted by Crippen LogP contribution is 2.23. The maximum Gasteiger partial charge on any atom is 0.253 e. The third kappa shape index (κ3) is 10.6. The fourth-order valence-electron chi connectivity index (χ4n) is 9.29. The minimum atomic E-state index is -0.224. The van der Waals surface area contributed by atoms with E-state index in [2.05, 4.69) is 89.7 Å². The molecule has 4 N–H and O–H groups in total. The third-order valence-corrected chi connectivity index (χ3v) is 12.7. The molecule has 8 heterocycles. The minimum absolute atomic E-state index is 0.214. The van der Waals surface area contributed by atoms with Crippen molar-refractivity contribution in [2.45, 2.75) is 101 Å². The molecule has 2 saturated carbocycles. The van der Waals surface area contributed by atoms with Crippen molar-refractivity contribution in [2.24, 2.45) is 0 Å². The van der Waals surface area contributed by atoms with Crippen LogP contribution in [0.1, 0.15) is 137 Å². The number of aromatic nitrogens is 4. The van der Waals surface area contributed by atoms with Crippen molar-refractivity contribution in [1.82, 2.24) is 41.2 Å². The Kier molecular flexibility index (Phi) is 12.9. The van der Waals surface area contributed by atoms with Crippen LogP contribution in [0.2, 0.25) is 0 Å². The molecule has 4 aromatic heterocycles. The fourth-order valence-corrected chi connectivity index (χ4v) is 9.29. The molecule has 6 aromatic rings. The van der Waals surface area contributed by atoms with Crippen LogP contribution >= 0.6 is 0 Å². The van der Waals surface area contributed by atoms with Crippen LogP contribution < -0.4 is 21.3 Å². The van der Waals surface area contributed by atoms with Gasteiger partial charge >= 0.3 is 0 Å². The second-order valence-corrected chi connectivity index (χ2v) is 17.6. The van der Waals surface area contributed by atoms with Crippen LogP contribution in [-0.2, 0) is 25.7 Å². The summed E-state index contributed by atoms with van der Waals surface area (Å²) in [4.78, 5) is 72.3. The summed E-state index contributed by atoms with van der Waals surface area (Å²) < 4.78 is 0. The van der Waals surface area contributed by atoms with Crippen LogP contribution in [0.5, 0.6) is 0 Å². The van der Waals surface area contributed by atoms with Crippen LogP contribution in [0.15, 0.2) is 122 Å². The van der Waals surface area contributed by atoms with Gasteiger partial charge in [-0.25, -0.2) is 0 Å². The van der Waals surface area contributed by atoms with Gasteiger partial charge in [0.15, 0.2) is 0 Å². The van der Waals surface area contributed by atoms with E-state index >= 15 is 0 Å². The van der Waals surface area contributed by atoms with Gasteiger partial charge in [0.1, 0.15) is 0 Å². The number of nitrogens with one attached hydrogen (secondary N) is 4. The highest BCUT2D eigenvalue weighted by molar-refractivity contribution is 5.96. The van der Waals surface area contributed by atoms with E-state index in [0.29, 0.717) is 47.9 Å². The topological polar surface area (TPSA) is 168 Å². The molecule has 4 atom stereocenters. The highest BCUT2D eigenvalue weighted by Gasteiger charge is 2.30. The number of nitrogens with zero attached hydrogens (tertiary/aromatic N) is 4. The van der Waals surface area contributed by atoms with Gasteiger partial charge in [-0.2, -0.15) is 0 Å². The molecule has 2 fully saturated rings. The lowest BCUT2D eigenvalue weighted by Gasteiger charge is -2.33. The van der Waals surface area contributed by atoms with Crippen molar-refractivity contribution in [3.05, 3.63) is 189 Å². The van der Waals surface area contributed by atoms with Crippen molar-refractivity contribution in [3.63, 3.8) is 0 Å². The number of benzene rings is 2. The second-order valence-electron chi connectivity index (χ2n) is 17.6. The molecule has 2 aromatic carbocycles. The molecule has 6 aliphatic rings. The van der Waals surface area contributed by atoms with Gasteiger partial charge in [-0.3, -0.25) is 39.1 Å². The molecule has 2 aliphatic carbocycles. The molecule has 12 rings (SSSR count). The molecule has 0 saturated heterocycles. The minimum Gasteiger partial charge on any atom is -0.347 e. The van der Waals surface area contributed by atoms with Crippen molar-refractivity contribution >= 4 is 23.6 Å².